The molecule has 9 heteroatoms. The van der Waals surface area contributed by atoms with E-state index in [1.165, 1.54) is 0 Å². The lowest BCUT2D eigenvalue weighted by atomic mass is 10.2. The Morgan fingerprint density at radius 2 is 1.94 bits per heavy atom. The molecule has 0 aromatic carbocycles. The van der Waals surface area contributed by atoms with E-state index >= 15 is 0 Å². The molecule has 0 radical (unpaired) electrons. The number of hydrogen-bond acceptors (Lipinski definition) is 5. The van der Waals surface area contributed by atoms with Crippen LogP contribution < -0.4 is 0 Å². The highest BCUT2D eigenvalue weighted by atomic mass is 31.2. The molecule has 1 aliphatic rings. The molecule has 4 unspecified atom stereocenters. The largest absolute Gasteiger partial charge is 0.373 e. The van der Waals surface area contributed by atoms with Crippen molar-refractivity contribution in [3.63, 3.8) is 0 Å². The molecule has 1 rings (SSSR count). The van der Waals surface area contributed by atoms with Crippen molar-refractivity contribution in [3.8, 4) is 0 Å². The zero-order chi connectivity index (χ0) is 12.4. The first-order chi connectivity index (χ1) is 7.17. The van der Waals surface area contributed by atoms with Gasteiger partial charge in [0.25, 0.3) is 0 Å². The maximum Gasteiger partial charge on any atom is 0.325 e. The Labute approximate surface area is 93.8 Å². The predicted octanol–water partition coefficient (Wildman–Crippen LogP) is 0.807. The minimum absolute atomic E-state index is 0.130. The van der Waals surface area contributed by atoms with E-state index in [0.717, 1.165) is 13.3 Å². The lowest BCUT2D eigenvalue weighted by Crippen LogP contribution is -2.28. The van der Waals surface area contributed by atoms with Crippen molar-refractivity contribution < 1.29 is 32.7 Å². The number of ether oxygens (including phenoxy) is 1. The van der Waals surface area contributed by atoms with E-state index in [1.807, 2.05) is 0 Å². The number of rotatable bonds is 5. The minimum atomic E-state index is -3.58. The van der Waals surface area contributed by atoms with Gasteiger partial charge < -0.3 is 23.6 Å². The average Bonchev–Trinajstić information content (AvgIpc) is 2.44. The highest BCUT2D eigenvalue weighted by Crippen LogP contribution is 2.42. The first kappa shape index (κ1) is 14.3. The molecule has 2 N–H and O–H groups in total. The standard InChI is InChI=1S/C7H16O7P2/c1-15(8,9)13-5-7-6(3-4-12-7)14-16(2,10)11/h6-7H,3-5H2,1-2H3,(H,8,9)(H,10,11). The van der Waals surface area contributed by atoms with Gasteiger partial charge in [-0.15, -0.1) is 0 Å². The van der Waals surface area contributed by atoms with Crippen LogP contribution in [0.3, 0.4) is 0 Å². The zero-order valence-electron chi connectivity index (χ0n) is 9.11. The van der Waals surface area contributed by atoms with Crippen LogP contribution in [0.5, 0.6) is 0 Å². The summed E-state index contributed by atoms with van der Waals surface area (Å²) >= 11 is 0. The lowest BCUT2D eigenvalue weighted by Gasteiger charge is -2.20. The van der Waals surface area contributed by atoms with Crippen molar-refractivity contribution in [1.29, 1.82) is 0 Å². The molecule has 0 aromatic rings. The summed E-state index contributed by atoms with van der Waals surface area (Å²) in [7, 11) is -7.15. The van der Waals surface area contributed by atoms with Crippen molar-refractivity contribution in [1.82, 2.24) is 0 Å². The molecule has 7 nitrogen and oxygen atoms in total. The monoisotopic (exact) mass is 274 g/mol. The van der Waals surface area contributed by atoms with Gasteiger partial charge in [0.05, 0.1) is 12.7 Å². The smallest absolute Gasteiger partial charge is 0.325 e. The second-order valence-electron chi connectivity index (χ2n) is 3.74. The molecular formula is C7H16O7P2. The maximum atomic E-state index is 11.1. The molecule has 1 fully saturated rings. The van der Waals surface area contributed by atoms with E-state index < -0.39 is 27.4 Å². The van der Waals surface area contributed by atoms with Crippen LogP contribution in [0.2, 0.25) is 0 Å². The van der Waals surface area contributed by atoms with Crippen molar-refractivity contribution >= 4 is 15.2 Å². The fourth-order valence-corrected chi connectivity index (χ4v) is 2.53. The highest BCUT2D eigenvalue weighted by Gasteiger charge is 2.34. The lowest BCUT2D eigenvalue weighted by molar-refractivity contribution is 0.0150. The van der Waals surface area contributed by atoms with Crippen LogP contribution in [0.4, 0.5) is 0 Å². The van der Waals surface area contributed by atoms with Gasteiger partial charge in [-0.2, -0.15) is 0 Å². The Bertz CT molecular complexity index is 319. The molecule has 1 aliphatic heterocycles. The summed E-state index contributed by atoms with van der Waals surface area (Å²) in [6.07, 6.45) is -0.695. The van der Waals surface area contributed by atoms with Crippen molar-refractivity contribution in [2.24, 2.45) is 0 Å². The van der Waals surface area contributed by atoms with Gasteiger partial charge in [0, 0.05) is 26.4 Å². The van der Waals surface area contributed by atoms with E-state index in [4.69, 9.17) is 23.6 Å². The number of hydrogen-bond donors (Lipinski definition) is 2. The van der Waals surface area contributed by atoms with E-state index in [-0.39, 0.29) is 6.61 Å². The van der Waals surface area contributed by atoms with Crippen LogP contribution in [0, 0.1) is 0 Å². The SMILES string of the molecule is CP(=O)(O)OCC1OCCC1OP(C)(=O)O. The Morgan fingerprint density at radius 1 is 1.31 bits per heavy atom. The Kier molecular flexibility index (Phi) is 4.72. The Balaban J connectivity index is 2.47. The topological polar surface area (TPSA) is 102 Å². The maximum absolute atomic E-state index is 11.1. The molecule has 4 atom stereocenters. The Morgan fingerprint density at radius 3 is 2.44 bits per heavy atom. The summed E-state index contributed by atoms with van der Waals surface area (Å²) in [5.41, 5.74) is 0. The summed E-state index contributed by atoms with van der Waals surface area (Å²) in [5, 5.41) is 0. The summed E-state index contributed by atoms with van der Waals surface area (Å²) in [5.74, 6) is 0. The normalized spacial score (nSPS) is 33.2. The van der Waals surface area contributed by atoms with Gasteiger partial charge in [0.15, 0.2) is 0 Å². The molecular weight excluding hydrogens is 258 g/mol. The molecule has 0 amide bonds. The summed E-state index contributed by atoms with van der Waals surface area (Å²) in [4.78, 5) is 18.0. The quantitative estimate of drug-likeness (QED) is 0.715. The van der Waals surface area contributed by atoms with Gasteiger partial charge in [-0.05, 0) is 0 Å². The predicted molar refractivity (Wildman–Crippen MR) is 56.7 cm³/mol. The fourth-order valence-electron chi connectivity index (χ4n) is 1.37. The van der Waals surface area contributed by atoms with Gasteiger partial charge in [-0.25, -0.2) is 0 Å². The summed E-state index contributed by atoms with van der Waals surface area (Å²) in [6, 6.07) is 0. The van der Waals surface area contributed by atoms with E-state index in [2.05, 4.69) is 0 Å². The second-order valence-corrected chi connectivity index (χ2v) is 7.42. The third-order valence-electron chi connectivity index (χ3n) is 1.96. The van der Waals surface area contributed by atoms with E-state index in [9.17, 15) is 9.13 Å². The van der Waals surface area contributed by atoms with Crippen LogP contribution in [0.15, 0.2) is 0 Å². The van der Waals surface area contributed by atoms with Crippen LogP contribution in [-0.2, 0) is 22.9 Å². The first-order valence-electron chi connectivity index (χ1n) is 4.72. The van der Waals surface area contributed by atoms with Crippen LogP contribution >= 0.6 is 15.2 Å². The van der Waals surface area contributed by atoms with Crippen LogP contribution in [0.25, 0.3) is 0 Å². The zero-order valence-corrected chi connectivity index (χ0v) is 10.9. The van der Waals surface area contributed by atoms with Crippen LogP contribution in [-0.4, -0.2) is 48.5 Å². The van der Waals surface area contributed by atoms with Gasteiger partial charge >= 0.3 is 15.2 Å². The van der Waals surface area contributed by atoms with Gasteiger partial charge in [-0.3, -0.25) is 9.13 Å². The third-order valence-corrected chi connectivity index (χ3v) is 3.25. The van der Waals surface area contributed by atoms with E-state index in [0.29, 0.717) is 13.0 Å². The Hall–Kier alpha value is 0.260. The van der Waals surface area contributed by atoms with Gasteiger partial charge in [0.1, 0.15) is 6.10 Å². The molecule has 0 aliphatic carbocycles. The molecule has 0 spiro atoms. The highest BCUT2D eigenvalue weighted by molar-refractivity contribution is 7.52. The third kappa shape index (κ3) is 5.55. The molecule has 0 bridgehead atoms. The molecule has 0 saturated carbocycles. The van der Waals surface area contributed by atoms with Crippen LogP contribution in [0.1, 0.15) is 6.42 Å². The van der Waals surface area contributed by atoms with Gasteiger partial charge in [0.2, 0.25) is 0 Å². The van der Waals surface area contributed by atoms with Crippen molar-refractivity contribution in [2.45, 2.75) is 18.6 Å². The second kappa shape index (κ2) is 5.27. The molecule has 96 valence electrons. The van der Waals surface area contributed by atoms with Gasteiger partial charge in [-0.1, -0.05) is 0 Å². The summed E-state index contributed by atoms with van der Waals surface area (Å²) < 4.78 is 36.7. The van der Waals surface area contributed by atoms with Crippen molar-refractivity contribution in [3.05, 3.63) is 0 Å². The van der Waals surface area contributed by atoms with E-state index in [1.54, 1.807) is 0 Å². The summed E-state index contributed by atoms with van der Waals surface area (Å²) in [6.45, 7) is 2.39. The van der Waals surface area contributed by atoms with Crippen molar-refractivity contribution in [2.75, 3.05) is 26.5 Å². The average molecular weight is 274 g/mol. The minimum Gasteiger partial charge on any atom is -0.373 e. The molecule has 0 aromatic heterocycles. The first-order valence-corrected chi connectivity index (χ1v) is 8.77. The molecule has 1 saturated heterocycles. The molecule has 1 heterocycles. The molecule has 16 heavy (non-hydrogen) atoms. The fraction of sp³-hybridized carbons (Fsp3) is 1.00.